The molecule has 1 aliphatic rings. The Balaban J connectivity index is 2.22. The van der Waals surface area contributed by atoms with E-state index in [-0.39, 0.29) is 0 Å². The van der Waals surface area contributed by atoms with Crippen molar-refractivity contribution in [3.63, 3.8) is 0 Å². The Morgan fingerprint density at radius 2 is 1.81 bits per heavy atom. The lowest BCUT2D eigenvalue weighted by atomic mass is 9.81. The minimum absolute atomic E-state index is 0.595. The van der Waals surface area contributed by atoms with E-state index in [0.29, 0.717) is 5.92 Å². The third kappa shape index (κ3) is 2.21. The molecule has 16 heavy (non-hydrogen) atoms. The van der Waals surface area contributed by atoms with Crippen LogP contribution in [-0.2, 0) is 0 Å². The van der Waals surface area contributed by atoms with Gasteiger partial charge >= 0.3 is 0 Å². The Morgan fingerprint density at radius 1 is 1.12 bits per heavy atom. The molecule has 0 unspecified atom stereocenters. The van der Waals surface area contributed by atoms with Gasteiger partial charge in [0.1, 0.15) is 0 Å². The molecular weight excluding hydrogens is 196 g/mol. The van der Waals surface area contributed by atoms with Crippen molar-refractivity contribution >= 4 is 16.9 Å². The predicted molar refractivity (Wildman–Crippen MR) is 70.9 cm³/mol. The van der Waals surface area contributed by atoms with Gasteiger partial charge in [-0.2, -0.15) is 0 Å². The first-order valence-electron chi connectivity index (χ1n) is 6.02. The Bertz CT molecular complexity index is 390. The van der Waals surface area contributed by atoms with Crippen molar-refractivity contribution in [2.45, 2.75) is 32.1 Å². The lowest BCUT2D eigenvalue weighted by Crippen LogP contribution is -2.09. The average Bonchev–Trinajstić information content (AvgIpc) is 2.32. The van der Waals surface area contributed by atoms with E-state index in [9.17, 15) is 0 Å². The van der Waals surface area contributed by atoms with Crippen molar-refractivity contribution in [1.29, 1.82) is 0 Å². The van der Waals surface area contributed by atoms with Crippen LogP contribution in [0.2, 0.25) is 0 Å². The molecule has 0 bridgehead atoms. The van der Waals surface area contributed by atoms with E-state index in [2.05, 4.69) is 6.58 Å². The summed E-state index contributed by atoms with van der Waals surface area (Å²) in [5.41, 5.74) is 15.6. The standard InChI is InChI=1S/C14H20N2/c1-10(11-5-3-2-4-6-11)13-9-12(15)7-8-14(13)16/h7-9,11H,1-6,15-16H2. The SMILES string of the molecule is C=C(c1cc(N)ccc1N)C1CCCCC1. The average molecular weight is 216 g/mol. The summed E-state index contributed by atoms with van der Waals surface area (Å²) in [7, 11) is 0. The van der Waals surface area contributed by atoms with Crippen molar-refractivity contribution in [1.82, 2.24) is 0 Å². The molecule has 2 heteroatoms. The van der Waals surface area contributed by atoms with Crippen LogP contribution in [0.5, 0.6) is 0 Å². The van der Waals surface area contributed by atoms with Crippen LogP contribution in [0, 0.1) is 5.92 Å². The molecule has 0 heterocycles. The summed E-state index contributed by atoms with van der Waals surface area (Å²) in [6.45, 7) is 4.22. The molecule has 0 aliphatic heterocycles. The lowest BCUT2D eigenvalue weighted by Gasteiger charge is -2.24. The Morgan fingerprint density at radius 3 is 2.50 bits per heavy atom. The van der Waals surface area contributed by atoms with E-state index in [1.807, 2.05) is 18.2 Å². The van der Waals surface area contributed by atoms with E-state index in [4.69, 9.17) is 11.5 Å². The quantitative estimate of drug-likeness (QED) is 0.744. The number of benzene rings is 1. The minimum atomic E-state index is 0.595. The molecule has 0 atom stereocenters. The molecule has 1 fully saturated rings. The van der Waals surface area contributed by atoms with Crippen molar-refractivity contribution in [3.8, 4) is 0 Å². The molecule has 1 aromatic carbocycles. The predicted octanol–water partition coefficient (Wildman–Crippen LogP) is 3.44. The summed E-state index contributed by atoms with van der Waals surface area (Å²) in [5.74, 6) is 0.595. The molecule has 0 aromatic heterocycles. The molecule has 0 spiro atoms. The molecule has 1 saturated carbocycles. The van der Waals surface area contributed by atoms with E-state index >= 15 is 0 Å². The second kappa shape index (κ2) is 4.60. The Labute approximate surface area is 97.3 Å². The molecule has 0 saturated heterocycles. The second-order valence-corrected chi connectivity index (χ2v) is 4.71. The van der Waals surface area contributed by atoms with Crippen molar-refractivity contribution in [2.75, 3.05) is 11.5 Å². The Kier molecular flexibility index (Phi) is 3.18. The molecule has 2 nitrogen and oxygen atoms in total. The van der Waals surface area contributed by atoms with Crippen LogP contribution in [0.3, 0.4) is 0 Å². The maximum Gasteiger partial charge on any atom is 0.0391 e. The first-order chi connectivity index (χ1) is 7.68. The minimum Gasteiger partial charge on any atom is -0.399 e. The smallest absolute Gasteiger partial charge is 0.0391 e. The zero-order chi connectivity index (χ0) is 11.5. The monoisotopic (exact) mass is 216 g/mol. The van der Waals surface area contributed by atoms with Gasteiger partial charge in [0.2, 0.25) is 0 Å². The number of allylic oxidation sites excluding steroid dienone is 1. The van der Waals surface area contributed by atoms with E-state index < -0.39 is 0 Å². The van der Waals surface area contributed by atoms with Gasteiger partial charge in [0.25, 0.3) is 0 Å². The fraction of sp³-hybridized carbons (Fsp3) is 0.429. The van der Waals surface area contributed by atoms with Crippen LogP contribution >= 0.6 is 0 Å². The van der Waals surface area contributed by atoms with Gasteiger partial charge in [0.15, 0.2) is 0 Å². The second-order valence-electron chi connectivity index (χ2n) is 4.71. The first-order valence-corrected chi connectivity index (χ1v) is 6.02. The highest BCUT2D eigenvalue weighted by atomic mass is 14.6. The summed E-state index contributed by atoms with van der Waals surface area (Å²) in [6, 6.07) is 5.66. The van der Waals surface area contributed by atoms with Crippen molar-refractivity contribution in [2.24, 2.45) is 5.92 Å². The Hall–Kier alpha value is -1.44. The van der Waals surface area contributed by atoms with Gasteiger partial charge < -0.3 is 11.5 Å². The third-order valence-corrected chi connectivity index (χ3v) is 3.52. The zero-order valence-corrected chi connectivity index (χ0v) is 9.71. The van der Waals surface area contributed by atoms with Gasteiger partial charge in [0, 0.05) is 16.9 Å². The van der Waals surface area contributed by atoms with Crippen LogP contribution in [0.15, 0.2) is 24.8 Å². The molecule has 2 rings (SSSR count). The third-order valence-electron chi connectivity index (χ3n) is 3.52. The maximum atomic E-state index is 5.98. The summed E-state index contributed by atoms with van der Waals surface area (Å²) in [6.07, 6.45) is 6.47. The maximum absolute atomic E-state index is 5.98. The molecule has 4 N–H and O–H groups in total. The highest BCUT2D eigenvalue weighted by Gasteiger charge is 2.18. The molecule has 1 aromatic rings. The summed E-state index contributed by atoms with van der Waals surface area (Å²) in [5, 5.41) is 0. The summed E-state index contributed by atoms with van der Waals surface area (Å²) < 4.78 is 0. The van der Waals surface area contributed by atoms with E-state index in [1.165, 1.54) is 37.7 Å². The number of hydrogen-bond donors (Lipinski definition) is 2. The van der Waals surface area contributed by atoms with Crippen molar-refractivity contribution in [3.05, 3.63) is 30.3 Å². The highest BCUT2D eigenvalue weighted by Crippen LogP contribution is 2.36. The van der Waals surface area contributed by atoms with Gasteiger partial charge in [0.05, 0.1) is 0 Å². The number of rotatable bonds is 2. The van der Waals surface area contributed by atoms with Crippen LogP contribution in [-0.4, -0.2) is 0 Å². The van der Waals surface area contributed by atoms with E-state index in [0.717, 1.165) is 16.9 Å². The molecule has 1 aliphatic carbocycles. The molecular formula is C14H20N2. The van der Waals surface area contributed by atoms with Gasteiger partial charge in [-0.1, -0.05) is 25.8 Å². The number of nitrogens with two attached hydrogens (primary N) is 2. The van der Waals surface area contributed by atoms with Crippen LogP contribution in [0.1, 0.15) is 37.7 Å². The fourth-order valence-corrected chi connectivity index (χ4v) is 2.52. The largest absolute Gasteiger partial charge is 0.399 e. The van der Waals surface area contributed by atoms with E-state index in [1.54, 1.807) is 0 Å². The van der Waals surface area contributed by atoms with Gasteiger partial charge in [-0.05, 0) is 42.5 Å². The summed E-state index contributed by atoms with van der Waals surface area (Å²) >= 11 is 0. The topological polar surface area (TPSA) is 52.0 Å². The number of anilines is 2. The van der Waals surface area contributed by atoms with Crippen molar-refractivity contribution < 1.29 is 0 Å². The molecule has 86 valence electrons. The van der Waals surface area contributed by atoms with Gasteiger partial charge in [-0.15, -0.1) is 0 Å². The first kappa shape index (κ1) is 11.1. The van der Waals surface area contributed by atoms with Gasteiger partial charge in [-0.3, -0.25) is 0 Å². The lowest BCUT2D eigenvalue weighted by molar-refractivity contribution is 0.430. The fourth-order valence-electron chi connectivity index (χ4n) is 2.52. The van der Waals surface area contributed by atoms with Crippen LogP contribution < -0.4 is 11.5 Å². The molecule has 0 amide bonds. The highest BCUT2D eigenvalue weighted by molar-refractivity contribution is 5.77. The summed E-state index contributed by atoms with van der Waals surface area (Å²) in [4.78, 5) is 0. The zero-order valence-electron chi connectivity index (χ0n) is 9.71. The number of hydrogen-bond acceptors (Lipinski definition) is 2. The molecule has 0 radical (unpaired) electrons. The number of nitrogen functional groups attached to an aromatic ring is 2. The van der Waals surface area contributed by atoms with Crippen LogP contribution in [0.25, 0.3) is 5.57 Å². The normalized spacial score (nSPS) is 17.2. The van der Waals surface area contributed by atoms with Crippen LogP contribution in [0.4, 0.5) is 11.4 Å². The van der Waals surface area contributed by atoms with Gasteiger partial charge in [-0.25, -0.2) is 0 Å².